The second kappa shape index (κ2) is 17.2. The first-order valence-corrected chi connectivity index (χ1v) is 7.92. The van der Waals surface area contributed by atoms with Gasteiger partial charge in [-0.3, -0.25) is 0 Å². The van der Waals surface area contributed by atoms with Gasteiger partial charge in [0, 0.05) is 6.05 Å². The molecule has 122 valence electrons. The Kier molecular flexibility index (Phi) is 9.93. The molecule has 0 radical (unpaired) electrons. The molecule has 1 N–H and O–H groups in total. The molecule has 0 saturated heterocycles. The fraction of sp³-hybridized carbons (Fsp3) is 0.450. The summed E-state index contributed by atoms with van der Waals surface area (Å²) in [5, 5.41) is 8.64. The van der Waals surface area contributed by atoms with E-state index in [0.29, 0.717) is 0 Å². The number of unbranched alkanes of at least 4 members (excludes halogenated alkanes) is 7. The number of carboxylic acid groups (broad SMARTS) is 1. The van der Waals surface area contributed by atoms with Crippen molar-refractivity contribution in [2.45, 2.75) is 58.3 Å². The van der Waals surface area contributed by atoms with Crippen LogP contribution >= 0.6 is 0 Å². The van der Waals surface area contributed by atoms with E-state index in [1.165, 1.54) is 44.6 Å². The summed E-state index contributed by atoms with van der Waals surface area (Å²) >= 11 is 0. The Hall–Kier alpha value is -1.83. The van der Waals surface area contributed by atoms with Crippen molar-refractivity contribution in [3.05, 3.63) is 60.6 Å². The summed E-state index contributed by atoms with van der Waals surface area (Å²) in [6, 6.07) is -3.63. The molecule has 0 saturated carbocycles. The molecule has 0 amide bonds. The average Bonchev–Trinajstić information content (AvgIpc) is 2.66. The third kappa shape index (κ3) is 18.2. The van der Waals surface area contributed by atoms with E-state index in [2.05, 4.69) is 6.92 Å². The maximum atomic E-state index is 10.6. The van der Waals surface area contributed by atoms with Crippen LogP contribution in [0.3, 0.4) is 0 Å². The van der Waals surface area contributed by atoms with Crippen molar-refractivity contribution in [1.29, 1.82) is 0 Å². The molecule has 0 bridgehead atoms. The zero-order valence-electron chi connectivity index (χ0n) is 18.4. The van der Waals surface area contributed by atoms with Crippen LogP contribution in [0.1, 0.15) is 65.1 Å². The minimum absolute atomic E-state index is 0.320. The van der Waals surface area contributed by atoms with E-state index < -0.39 is 30.2 Å². The highest BCUT2D eigenvalue weighted by Gasteiger charge is 1.88. The quantitative estimate of drug-likeness (QED) is 0.258. The monoisotopic (exact) mass is 307 g/mol. The maximum absolute atomic E-state index is 10.6. The van der Waals surface area contributed by atoms with Crippen molar-refractivity contribution in [3.63, 3.8) is 0 Å². The first-order valence-electron chi connectivity index (χ1n) is 10.4. The molecule has 0 aliphatic rings. The van der Waals surface area contributed by atoms with Crippen LogP contribution in [0.2, 0.25) is 0 Å². The van der Waals surface area contributed by atoms with E-state index in [1.807, 2.05) is 12.2 Å². The second-order valence-corrected chi connectivity index (χ2v) is 4.84. The molecule has 22 heavy (non-hydrogen) atoms. The van der Waals surface area contributed by atoms with Crippen molar-refractivity contribution in [2.24, 2.45) is 0 Å². The largest absolute Gasteiger partial charge is 0.478 e. The predicted octanol–water partition coefficient (Wildman–Crippen LogP) is 5.99. The third-order valence-corrected chi connectivity index (χ3v) is 2.88. The summed E-state index contributed by atoms with van der Waals surface area (Å²) in [6.07, 6.45) is 18.3. The highest BCUT2D eigenvalue weighted by atomic mass is 16.4. The molecule has 0 aromatic heterocycles. The average molecular weight is 307 g/mol. The lowest BCUT2D eigenvalue weighted by molar-refractivity contribution is -0.131. The summed E-state index contributed by atoms with van der Waals surface area (Å²) in [7, 11) is 0. The number of hydrogen-bond donors (Lipinski definition) is 1. The van der Waals surface area contributed by atoms with Gasteiger partial charge in [0.05, 0.1) is 6.85 Å². The Morgan fingerprint density at radius 1 is 0.864 bits per heavy atom. The number of aliphatic carboxylic acids is 1. The van der Waals surface area contributed by atoms with E-state index in [1.54, 1.807) is 12.2 Å². The lowest BCUT2D eigenvalue weighted by atomic mass is 10.1. The van der Waals surface area contributed by atoms with Crippen molar-refractivity contribution >= 4 is 5.97 Å². The summed E-state index contributed by atoms with van der Waals surface area (Å²) in [5.41, 5.74) is 0. The number of carbonyl (C=O) groups is 1. The summed E-state index contributed by atoms with van der Waals surface area (Å²) in [4.78, 5) is 10.6. The third-order valence-electron chi connectivity index (χ3n) is 2.88. The normalized spacial score (nSPS) is 18.2. The van der Waals surface area contributed by atoms with Gasteiger partial charge in [0.2, 0.25) is 0 Å². The lowest BCUT2D eigenvalue weighted by Crippen LogP contribution is -1.84. The molecule has 0 aliphatic heterocycles. The fourth-order valence-corrected chi connectivity index (χ4v) is 1.76. The van der Waals surface area contributed by atoms with Gasteiger partial charge in [-0.2, -0.15) is 0 Å². The molecule has 0 unspecified atom stereocenters. The summed E-state index contributed by atoms with van der Waals surface area (Å²) < 4.78 is 37.5. The Bertz CT molecular complexity index is 616. The van der Waals surface area contributed by atoms with Crippen LogP contribution in [-0.2, 0) is 4.79 Å². The van der Waals surface area contributed by atoms with Crippen LogP contribution in [0.4, 0.5) is 0 Å². The Labute approximate surface area is 142 Å². The molecule has 0 heterocycles. The van der Waals surface area contributed by atoms with Gasteiger partial charge in [-0.25, -0.2) is 4.79 Å². The molecule has 2 heteroatoms. The number of carboxylic acids is 1. The molecule has 0 atom stereocenters. The van der Waals surface area contributed by atoms with E-state index in [0.717, 1.165) is 12.8 Å². The van der Waals surface area contributed by atoms with Gasteiger partial charge < -0.3 is 5.11 Å². The molecule has 0 aromatic carbocycles. The van der Waals surface area contributed by atoms with E-state index in [-0.39, 0.29) is 6.05 Å². The number of hydrogen-bond acceptors (Lipinski definition) is 1. The topological polar surface area (TPSA) is 37.3 Å². The minimum Gasteiger partial charge on any atom is -0.478 e. The van der Waals surface area contributed by atoms with Crippen molar-refractivity contribution in [3.8, 4) is 0 Å². The zero-order chi connectivity index (χ0) is 20.7. The zero-order valence-corrected chi connectivity index (χ0v) is 13.4. The van der Waals surface area contributed by atoms with Crippen LogP contribution in [0.25, 0.3) is 0 Å². The highest BCUT2D eigenvalue weighted by molar-refractivity contribution is 5.80. The van der Waals surface area contributed by atoms with Gasteiger partial charge >= 0.3 is 5.97 Å². The summed E-state index contributed by atoms with van der Waals surface area (Å²) in [6.45, 7) is 2.21. The standard InChI is InChI=1S/C20H30O2/c1-2-3-4-5-6-7-8-9-10-11-12-13-14-15-16-17-18-19-20(21)22/h10-19H,2-9H2,1H3,(H,21,22)/b11-10+,13-12+,15-14+,17-16+,19-18+/i15D,16D,17D,18D,19D. The first-order chi connectivity index (χ1) is 12.8. The summed E-state index contributed by atoms with van der Waals surface area (Å²) in [5.74, 6) is -1.64. The molecule has 0 aromatic rings. The van der Waals surface area contributed by atoms with Crippen LogP contribution in [-0.4, -0.2) is 11.1 Å². The molecular weight excluding hydrogens is 272 g/mol. The van der Waals surface area contributed by atoms with Crippen LogP contribution in [0.15, 0.2) is 60.6 Å². The van der Waals surface area contributed by atoms with Gasteiger partial charge in [0.25, 0.3) is 0 Å². The van der Waals surface area contributed by atoms with Crippen LogP contribution in [0, 0.1) is 0 Å². The molecule has 0 rings (SSSR count). The molecule has 0 aliphatic carbocycles. The number of allylic oxidation sites excluding steroid dienone is 9. The maximum Gasteiger partial charge on any atom is 0.328 e. The smallest absolute Gasteiger partial charge is 0.328 e. The Morgan fingerprint density at radius 3 is 2.23 bits per heavy atom. The predicted molar refractivity (Wildman–Crippen MR) is 95.9 cm³/mol. The second-order valence-electron chi connectivity index (χ2n) is 4.84. The Morgan fingerprint density at radius 2 is 1.50 bits per heavy atom. The van der Waals surface area contributed by atoms with Crippen LogP contribution < -0.4 is 0 Å². The fourth-order valence-electron chi connectivity index (χ4n) is 1.76. The molecule has 0 fully saturated rings. The van der Waals surface area contributed by atoms with E-state index in [4.69, 9.17) is 12.0 Å². The lowest BCUT2D eigenvalue weighted by Gasteiger charge is -1.98. The Balaban J connectivity index is 4.42. The molecular formula is C20H30O2. The van der Waals surface area contributed by atoms with Gasteiger partial charge in [-0.15, -0.1) is 0 Å². The van der Waals surface area contributed by atoms with Gasteiger partial charge in [0.1, 0.15) is 0 Å². The van der Waals surface area contributed by atoms with Crippen molar-refractivity contribution in [2.75, 3.05) is 0 Å². The molecule has 2 nitrogen and oxygen atoms in total. The van der Waals surface area contributed by atoms with Gasteiger partial charge in [0.15, 0.2) is 0 Å². The highest BCUT2D eigenvalue weighted by Crippen LogP contribution is 2.08. The van der Waals surface area contributed by atoms with Crippen molar-refractivity contribution < 1.29 is 16.8 Å². The van der Waals surface area contributed by atoms with Crippen LogP contribution in [0.5, 0.6) is 0 Å². The van der Waals surface area contributed by atoms with E-state index in [9.17, 15) is 4.79 Å². The van der Waals surface area contributed by atoms with Gasteiger partial charge in [-0.05, 0) is 12.8 Å². The van der Waals surface area contributed by atoms with Gasteiger partial charge in [-0.1, -0.05) is 100 Å². The van der Waals surface area contributed by atoms with Crippen molar-refractivity contribution in [1.82, 2.24) is 0 Å². The number of rotatable bonds is 13. The first kappa shape index (κ1) is 12.7. The van der Waals surface area contributed by atoms with E-state index >= 15 is 0 Å². The molecule has 0 spiro atoms. The minimum atomic E-state index is -1.64. The SMILES string of the molecule is [2H]C(=C\C=C\C=C\CCCCCCCCC)/C([2H])=C([2H])/C([2H])=C(\[2H])C(=O)O.